The zero-order valence-corrected chi connectivity index (χ0v) is 46.2. The minimum atomic E-state index is -4.68. The summed E-state index contributed by atoms with van der Waals surface area (Å²) in [6, 6.07) is 19.2. The van der Waals surface area contributed by atoms with Gasteiger partial charge in [0.15, 0.2) is 19.7 Å². The Hall–Kier alpha value is -7.60. The summed E-state index contributed by atoms with van der Waals surface area (Å²) >= 11 is 0. The highest BCUT2D eigenvalue weighted by Gasteiger charge is 2.37. The van der Waals surface area contributed by atoms with Crippen molar-refractivity contribution in [1.82, 2.24) is 34.0 Å². The van der Waals surface area contributed by atoms with Crippen LogP contribution in [-0.4, -0.2) is 111 Å². The molecule has 0 aliphatic heterocycles. The molecule has 4 aromatic carbocycles. The fourth-order valence-electron chi connectivity index (χ4n) is 8.81. The van der Waals surface area contributed by atoms with Gasteiger partial charge in [-0.15, -0.1) is 0 Å². The number of aryl methyl sites for hydroxylation is 4. The fraction of sp³-hybridized carbons (Fsp3) is 0.333. The molecular formula is C54H56F10N8O9S2. The van der Waals surface area contributed by atoms with Crippen LogP contribution in [0.3, 0.4) is 0 Å². The van der Waals surface area contributed by atoms with Crippen molar-refractivity contribution in [3.05, 3.63) is 165 Å². The first-order chi connectivity index (χ1) is 38.9. The third-order valence-electron chi connectivity index (χ3n) is 13.0. The van der Waals surface area contributed by atoms with Crippen LogP contribution in [0.1, 0.15) is 91.9 Å². The molecule has 4 aromatic heterocycles. The number of rotatable bonds is 19. The van der Waals surface area contributed by atoms with E-state index < -0.39 is 110 Å². The number of nitrogens with one attached hydrogen (secondary N) is 1. The highest BCUT2D eigenvalue weighted by Crippen LogP contribution is 2.34. The number of carbonyl (C=O) groups is 2. The molecule has 448 valence electrons. The molecule has 2 atom stereocenters. The summed E-state index contributed by atoms with van der Waals surface area (Å²) in [4.78, 5) is 24.5. The Balaban J connectivity index is 0.000000225. The van der Waals surface area contributed by atoms with Crippen molar-refractivity contribution in [3.8, 4) is 0 Å². The summed E-state index contributed by atoms with van der Waals surface area (Å²) in [6.45, 7) is 2.30. The number of carboxylic acid groups (broad SMARTS) is 1. The molecular weight excluding hydrogens is 1160 g/mol. The molecule has 0 aliphatic rings. The molecule has 4 heterocycles. The minimum Gasteiger partial charge on any atom is -0.478 e. The van der Waals surface area contributed by atoms with Crippen LogP contribution < -0.4 is 11.1 Å². The van der Waals surface area contributed by atoms with E-state index in [2.05, 4.69) is 15.5 Å². The van der Waals surface area contributed by atoms with E-state index in [-0.39, 0.29) is 93.8 Å². The number of aliphatic hydroxyl groups excluding tert-OH is 2. The van der Waals surface area contributed by atoms with Gasteiger partial charge in [-0.1, -0.05) is 38.1 Å². The molecule has 0 unspecified atom stereocenters. The Morgan fingerprint density at radius 1 is 0.614 bits per heavy atom. The molecule has 83 heavy (non-hydrogen) atoms. The van der Waals surface area contributed by atoms with Crippen LogP contribution in [-0.2, 0) is 58.2 Å². The molecule has 0 spiro atoms. The second kappa shape index (κ2) is 26.3. The van der Waals surface area contributed by atoms with E-state index in [1.165, 1.54) is 84.5 Å². The normalized spacial score (nSPS) is 12.9. The SMILES string of the molecule is CCS(=O)(=O)c1ccc([C@@H](N)CO)cc1.CCS(=O)(=O)c1ccc([C@H](CO)NC(=O)c2cc3cc(Cn4nc(C)cc4C(F)(F)F)n(CCF)c3cc2F)cc1.Cc1cc(C(F)(F)F)n(Cc2cc3cc(C(=O)O)c(F)cc3n2CCF)n1. The van der Waals surface area contributed by atoms with Gasteiger partial charge in [0.2, 0.25) is 0 Å². The number of nitrogens with zero attached hydrogens (tertiary/aromatic N) is 6. The maximum Gasteiger partial charge on any atom is 0.433 e. The van der Waals surface area contributed by atoms with Crippen LogP contribution in [0.25, 0.3) is 21.8 Å². The lowest BCUT2D eigenvalue weighted by Crippen LogP contribution is -2.31. The van der Waals surface area contributed by atoms with Gasteiger partial charge in [0.1, 0.15) is 36.4 Å². The lowest BCUT2D eigenvalue weighted by molar-refractivity contribution is -0.144. The lowest BCUT2D eigenvalue weighted by Gasteiger charge is -2.18. The summed E-state index contributed by atoms with van der Waals surface area (Å²) in [5, 5.41) is 38.5. The van der Waals surface area contributed by atoms with Crippen LogP contribution in [0.15, 0.2) is 107 Å². The second-order valence-electron chi connectivity index (χ2n) is 18.6. The predicted octanol–water partition coefficient (Wildman–Crippen LogP) is 9.07. The molecule has 0 bridgehead atoms. The minimum absolute atomic E-state index is 0.0736. The highest BCUT2D eigenvalue weighted by molar-refractivity contribution is 7.91. The van der Waals surface area contributed by atoms with Crippen LogP contribution in [0, 0.1) is 25.5 Å². The molecule has 8 rings (SSSR count). The number of fused-ring (bicyclic) bond motifs is 2. The predicted molar refractivity (Wildman–Crippen MR) is 284 cm³/mol. The monoisotopic (exact) mass is 1210 g/mol. The van der Waals surface area contributed by atoms with Crippen LogP contribution in [0.4, 0.5) is 43.9 Å². The molecule has 29 heteroatoms. The number of aromatic nitrogens is 6. The molecule has 8 aromatic rings. The van der Waals surface area contributed by atoms with E-state index in [9.17, 15) is 71.0 Å². The molecule has 0 saturated carbocycles. The second-order valence-corrected chi connectivity index (χ2v) is 23.2. The number of hydrogen-bond acceptors (Lipinski definition) is 11. The first-order valence-electron chi connectivity index (χ1n) is 25.1. The largest absolute Gasteiger partial charge is 0.478 e. The van der Waals surface area contributed by atoms with Gasteiger partial charge in [0, 0.05) is 22.2 Å². The number of carbonyl (C=O) groups excluding carboxylic acids is 1. The number of aromatic carboxylic acids is 1. The van der Waals surface area contributed by atoms with Crippen molar-refractivity contribution < 1.29 is 85.6 Å². The quantitative estimate of drug-likeness (QED) is 0.0476. The Morgan fingerprint density at radius 2 is 1.01 bits per heavy atom. The number of halogens is 10. The van der Waals surface area contributed by atoms with Gasteiger partial charge < -0.3 is 35.5 Å². The van der Waals surface area contributed by atoms with Gasteiger partial charge >= 0.3 is 18.3 Å². The first kappa shape index (κ1) is 64.6. The van der Waals surface area contributed by atoms with Gasteiger partial charge in [-0.25, -0.2) is 39.2 Å². The molecule has 1 amide bonds. The number of sulfone groups is 2. The number of carboxylic acids is 1. The van der Waals surface area contributed by atoms with Crippen molar-refractivity contribution in [1.29, 1.82) is 0 Å². The number of amides is 1. The van der Waals surface area contributed by atoms with Crippen LogP contribution in [0.5, 0.6) is 0 Å². The Bertz CT molecular complexity index is 3840. The van der Waals surface area contributed by atoms with E-state index >= 15 is 4.39 Å². The van der Waals surface area contributed by atoms with Crippen molar-refractivity contribution in [2.75, 3.05) is 38.1 Å². The summed E-state index contributed by atoms with van der Waals surface area (Å²) in [5.74, 6) is -4.36. The van der Waals surface area contributed by atoms with E-state index in [0.717, 1.165) is 45.3 Å². The van der Waals surface area contributed by atoms with E-state index in [1.807, 2.05) is 0 Å². The highest BCUT2D eigenvalue weighted by atomic mass is 32.2. The number of aliphatic hydroxyl groups is 2. The number of benzene rings is 4. The van der Waals surface area contributed by atoms with Crippen LogP contribution >= 0.6 is 0 Å². The Labute approximate surface area is 468 Å². The Morgan fingerprint density at radius 3 is 1.37 bits per heavy atom. The Kier molecular flexibility index (Phi) is 20.5. The standard InChI is InChI=1S/C27H27F5N4O4S.C17H14F5N3O2.C10H15NO3S/c1-3-41(39,40)20-6-4-17(5-7-20)23(15-37)33-26(38)21-12-18-11-19(35(9-8-28)24(18)13-22(21)29)14-36-25(27(30,31)32)10-16(2)34-36;1-9-4-15(17(20,21)22)25(23-9)8-11-5-10-6-12(16(26)27)13(19)7-14(10)24(11)3-2-18;1-2-15(13,14)9-5-3-8(4-6-9)10(11)7-12/h4-7,10-13,23,37H,3,8-9,14-15H2,1-2H3,(H,33,38);4-7H,2-3,8H2,1H3,(H,26,27);3-6,10,12H,2,7,11H2,1H3/t23-;;10-/m0.0/s1. The smallest absolute Gasteiger partial charge is 0.433 e. The summed E-state index contributed by atoms with van der Waals surface area (Å²) < 4.78 is 187. The van der Waals surface area contributed by atoms with Crippen LogP contribution in [0.2, 0.25) is 0 Å². The van der Waals surface area contributed by atoms with Crippen molar-refractivity contribution >= 4 is 53.4 Å². The third kappa shape index (κ3) is 15.2. The summed E-state index contributed by atoms with van der Waals surface area (Å²) in [6.07, 6.45) is -9.30. The molecule has 0 aliphatic carbocycles. The van der Waals surface area contributed by atoms with Gasteiger partial charge in [-0.3, -0.25) is 14.2 Å². The third-order valence-corrected chi connectivity index (χ3v) is 16.5. The maximum absolute atomic E-state index is 15.2. The average Bonchev–Trinajstić information content (AvgIpc) is 3.36. The zero-order chi connectivity index (χ0) is 61.5. The van der Waals surface area contributed by atoms with E-state index in [4.69, 9.17) is 15.9 Å². The molecule has 0 radical (unpaired) electrons. The van der Waals surface area contributed by atoms with Crippen molar-refractivity contribution in [3.63, 3.8) is 0 Å². The lowest BCUT2D eigenvalue weighted by atomic mass is 10.1. The first-order valence-corrected chi connectivity index (χ1v) is 28.4. The summed E-state index contributed by atoms with van der Waals surface area (Å²) in [5.41, 5.74) is 4.90. The zero-order valence-electron chi connectivity index (χ0n) is 44.6. The molecule has 6 N–H and O–H groups in total. The van der Waals surface area contributed by atoms with Crippen molar-refractivity contribution in [2.24, 2.45) is 5.73 Å². The van der Waals surface area contributed by atoms with Crippen molar-refractivity contribution in [2.45, 2.75) is 88.1 Å². The number of nitrogens with two attached hydrogens (primary N) is 1. The van der Waals surface area contributed by atoms with E-state index in [1.54, 1.807) is 19.1 Å². The molecule has 0 saturated heterocycles. The topological polar surface area (TPSA) is 247 Å². The molecule has 0 fully saturated rings. The fourth-order valence-corrected chi connectivity index (χ4v) is 10.6. The summed E-state index contributed by atoms with van der Waals surface area (Å²) in [7, 11) is -6.61. The number of alkyl halides is 8. The average molecular weight is 1220 g/mol. The van der Waals surface area contributed by atoms with Gasteiger partial charge in [0.05, 0.1) is 106 Å². The number of hydrogen-bond donors (Lipinski definition) is 5. The van der Waals surface area contributed by atoms with Gasteiger partial charge in [-0.05, 0) is 97.8 Å². The maximum atomic E-state index is 15.2. The van der Waals surface area contributed by atoms with Gasteiger partial charge in [0.25, 0.3) is 5.91 Å². The van der Waals surface area contributed by atoms with E-state index in [0.29, 0.717) is 10.5 Å². The molecule has 17 nitrogen and oxygen atoms in total. The van der Waals surface area contributed by atoms with Gasteiger partial charge in [-0.2, -0.15) is 36.5 Å².